The van der Waals surface area contributed by atoms with E-state index < -0.39 is 6.04 Å². The van der Waals surface area contributed by atoms with Crippen molar-refractivity contribution in [1.29, 1.82) is 0 Å². The molecule has 0 saturated carbocycles. The maximum absolute atomic E-state index is 13.1. The molecule has 6 heteroatoms. The molecule has 144 valence electrons. The van der Waals surface area contributed by atoms with E-state index in [9.17, 15) is 14.4 Å². The van der Waals surface area contributed by atoms with E-state index in [1.807, 2.05) is 48.5 Å². The Morgan fingerprint density at radius 3 is 2.29 bits per heavy atom. The molecule has 0 bridgehead atoms. The summed E-state index contributed by atoms with van der Waals surface area (Å²) >= 11 is 0. The van der Waals surface area contributed by atoms with Crippen molar-refractivity contribution in [1.82, 2.24) is 10.2 Å². The van der Waals surface area contributed by atoms with Gasteiger partial charge in [-0.05, 0) is 36.6 Å². The fourth-order valence-corrected chi connectivity index (χ4v) is 3.24. The van der Waals surface area contributed by atoms with Crippen LogP contribution in [0, 0.1) is 0 Å². The van der Waals surface area contributed by atoms with Crippen LogP contribution in [0.3, 0.4) is 0 Å². The standard InChI is InChI=1S/C22H23N3O3/c1-16(26)23-19(15-17-9-4-2-5-10-17)22(28)25-14-8-13-20(25)21(27)24-18-11-6-3-7-12-18/h2-7,9-12,15,20H,8,13-14H2,1H3,(H,23,26)(H,24,27)/b19-15+/t20-/m0/s1. The Labute approximate surface area is 164 Å². The summed E-state index contributed by atoms with van der Waals surface area (Å²) < 4.78 is 0. The minimum Gasteiger partial charge on any atom is -0.325 e. The molecule has 2 N–H and O–H groups in total. The molecule has 2 aromatic carbocycles. The number of hydrogen-bond acceptors (Lipinski definition) is 3. The zero-order valence-electron chi connectivity index (χ0n) is 15.7. The molecule has 3 rings (SSSR count). The molecule has 0 radical (unpaired) electrons. The molecule has 3 amide bonds. The lowest BCUT2D eigenvalue weighted by Gasteiger charge is -2.25. The topological polar surface area (TPSA) is 78.5 Å². The molecule has 28 heavy (non-hydrogen) atoms. The summed E-state index contributed by atoms with van der Waals surface area (Å²) in [6, 6.07) is 17.9. The molecular formula is C22H23N3O3. The predicted octanol–water partition coefficient (Wildman–Crippen LogP) is 2.79. The highest BCUT2D eigenvalue weighted by Gasteiger charge is 2.35. The lowest BCUT2D eigenvalue weighted by atomic mass is 10.1. The van der Waals surface area contributed by atoms with Crippen LogP contribution < -0.4 is 10.6 Å². The van der Waals surface area contributed by atoms with Crippen molar-refractivity contribution in [3.8, 4) is 0 Å². The van der Waals surface area contributed by atoms with Gasteiger partial charge in [-0.1, -0.05) is 48.5 Å². The van der Waals surface area contributed by atoms with Crippen molar-refractivity contribution >= 4 is 29.5 Å². The second kappa shape index (κ2) is 8.99. The molecule has 1 saturated heterocycles. The zero-order chi connectivity index (χ0) is 19.9. The van der Waals surface area contributed by atoms with Crippen LogP contribution in [-0.4, -0.2) is 35.2 Å². The van der Waals surface area contributed by atoms with Gasteiger partial charge in [-0.25, -0.2) is 0 Å². The largest absolute Gasteiger partial charge is 0.325 e. The van der Waals surface area contributed by atoms with Gasteiger partial charge in [-0.15, -0.1) is 0 Å². The lowest BCUT2D eigenvalue weighted by Crippen LogP contribution is -2.45. The van der Waals surface area contributed by atoms with Crippen molar-refractivity contribution in [2.45, 2.75) is 25.8 Å². The molecule has 1 aliphatic rings. The van der Waals surface area contributed by atoms with Crippen LogP contribution in [0.2, 0.25) is 0 Å². The first kappa shape index (κ1) is 19.4. The molecular weight excluding hydrogens is 354 g/mol. The second-order valence-corrected chi connectivity index (χ2v) is 6.66. The van der Waals surface area contributed by atoms with E-state index in [1.165, 1.54) is 11.8 Å². The van der Waals surface area contributed by atoms with E-state index in [0.29, 0.717) is 18.7 Å². The molecule has 2 aromatic rings. The highest BCUT2D eigenvalue weighted by molar-refractivity contribution is 6.04. The number of anilines is 1. The molecule has 0 spiro atoms. The van der Waals surface area contributed by atoms with Crippen LogP contribution in [0.15, 0.2) is 66.4 Å². The molecule has 6 nitrogen and oxygen atoms in total. The molecule has 1 heterocycles. The first-order valence-corrected chi connectivity index (χ1v) is 9.26. The Balaban J connectivity index is 1.80. The smallest absolute Gasteiger partial charge is 0.271 e. The van der Waals surface area contributed by atoms with Gasteiger partial charge in [-0.3, -0.25) is 14.4 Å². The number of para-hydroxylation sites is 1. The fraction of sp³-hybridized carbons (Fsp3) is 0.227. The van der Waals surface area contributed by atoms with E-state index in [1.54, 1.807) is 18.2 Å². The Kier molecular flexibility index (Phi) is 6.22. The average Bonchev–Trinajstić information content (AvgIpc) is 3.18. The number of likely N-dealkylation sites (tertiary alicyclic amines) is 1. The SMILES string of the molecule is CC(=O)N/C(=C/c1ccccc1)C(=O)N1CCC[C@H]1C(=O)Nc1ccccc1. The molecule has 0 aromatic heterocycles. The molecule has 0 aliphatic carbocycles. The zero-order valence-corrected chi connectivity index (χ0v) is 15.7. The number of nitrogens with one attached hydrogen (secondary N) is 2. The Morgan fingerprint density at radius 1 is 1.00 bits per heavy atom. The maximum atomic E-state index is 13.1. The number of carbonyl (C=O) groups is 3. The van der Waals surface area contributed by atoms with Gasteiger partial charge >= 0.3 is 0 Å². The molecule has 0 unspecified atom stereocenters. The minimum atomic E-state index is -0.569. The predicted molar refractivity (Wildman–Crippen MR) is 108 cm³/mol. The highest BCUT2D eigenvalue weighted by atomic mass is 16.2. The number of nitrogens with zero attached hydrogens (tertiary/aromatic N) is 1. The fourth-order valence-electron chi connectivity index (χ4n) is 3.24. The van der Waals surface area contributed by atoms with Crippen LogP contribution in [-0.2, 0) is 14.4 Å². The van der Waals surface area contributed by atoms with E-state index in [-0.39, 0.29) is 23.4 Å². The third kappa shape index (κ3) is 4.85. The summed E-state index contributed by atoms with van der Waals surface area (Å²) in [4.78, 5) is 39.0. The van der Waals surface area contributed by atoms with Crippen molar-refractivity contribution in [3.05, 3.63) is 71.9 Å². The molecule has 1 fully saturated rings. The van der Waals surface area contributed by atoms with Crippen LogP contribution in [0.1, 0.15) is 25.3 Å². The number of hydrogen-bond donors (Lipinski definition) is 2. The van der Waals surface area contributed by atoms with Crippen molar-refractivity contribution in [2.75, 3.05) is 11.9 Å². The van der Waals surface area contributed by atoms with Crippen molar-refractivity contribution in [2.24, 2.45) is 0 Å². The van der Waals surface area contributed by atoms with Gasteiger partial charge in [0.1, 0.15) is 11.7 Å². The molecule has 1 atom stereocenters. The summed E-state index contributed by atoms with van der Waals surface area (Å²) in [5, 5.41) is 5.47. The minimum absolute atomic E-state index is 0.165. The number of rotatable bonds is 5. The molecule has 1 aliphatic heterocycles. The van der Waals surface area contributed by atoms with Crippen molar-refractivity contribution in [3.63, 3.8) is 0 Å². The third-order valence-corrected chi connectivity index (χ3v) is 4.51. The van der Waals surface area contributed by atoms with Crippen LogP contribution in [0.5, 0.6) is 0 Å². The third-order valence-electron chi connectivity index (χ3n) is 4.51. The summed E-state index contributed by atoms with van der Waals surface area (Å²) in [7, 11) is 0. The van der Waals surface area contributed by atoms with Crippen molar-refractivity contribution < 1.29 is 14.4 Å². The lowest BCUT2D eigenvalue weighted by molar-refractivity contribution is -0.134. The van der Waals surface area contributed by atoms with Gasteiger partial charge in [0.05, 0.1) is 0 Å². The summed E-state index contributed by atoms with van der Waals surface area (Å²) in [5.74, 6) is -0.913. The number of benzene rings is 2. The van der Waals surface area contributed by atoms with Gasteiger partial charge in [0.25, 0.3) is 5.91 Å². The monoisotopic (exact) mass is 377 g/mol. The number of amides is 3. The van der Waals surface area contributed by atoms with E-state index in [2.05, 4.69) is 10.6 Å². The summed E-state index contributed by atoms with van der Waals surface area (Å²) in [6.45, 7) is 1.83. The first-order valence-electron chi connectivity index (χ1n) is 9.26. The second-order valence-electron chi connectivity index (χ2n) is 6.66. The van der Waals surface area contributed by atoms with E-state index in [4.69, 9.17) is 0 Å². The van der Waals surface area contributed by atoms with E-state index in [0.717, 1.165) is 12.0 Å². The average molecular weight is 377 g/mol. The van der Waals surface area contributed by atoms with E-state index >= 15 is 0 Å². The Morgan fingerprint density at radius 2 is 1.64 bits per heavy atom. The highest BCUT2D eigenvalue weighted by Crippen LogP contribution is 2.22. The van der Waals surface area contributed by atoms with Gasteiger partial charge in [-0.2, -0.15) is 0 Å². The quantitative estimate of drug-likeness (QED) is 0.787. The van der Waals surface area contributed by atoms with Gasteiger partial charge in [0, 0.05) is 19.2 Å². The normalized spacial score (nSPS) is 16.5. The van der Waals surface area contributed by atoms with Gasteiger partial charge in [0.15, 0.2) is 0 Å². The van der Waals surface area contributed by atoms with Crippen LogP contribution in [0.25, 0.3) is 6.08 Å². The first-order chi connectivity index (χ1) is 13.5. The summed E-state index contributed by atoms with van der Waals surface area (Å²) in [5.41, 5.74) is 1.65. The van der Waals surface area contributed by atoms with Crippen LogP contribution >= 0.6 is 0 Å². The van der Waals surface area contributed by atoms with Crippen LogP contribution in [0.4, 0.5) is 5.69 Å². The summed E-state index contributed by atoms with van der Waals surface area (Å²) in [6.07, 6.45) is 2.95. The Hall–Kier alpha value is -3.41. The Bertz CT molecular complexity index is 878. The maximum Gasteiger partial charge on any atom is 0.271 e. The van der Waals surface area contributed by atoms with Gasteiger partial charge < -0.3 is 15.5 Å². The number of carbonyl (C=O) groups excluding carboxylic acids is 3. The van der Waals surface area contributed by atoms with Gasteiger partial charge in [0.2, 0.25) is 11.8 Å².